The molecule has 23 heavy (non-hydrogen) atoms. The second kappa shape index (κ2) is 6.21. The van der Waals surface area contributed by atoms with Gasteiger partial charge in [0.05, 0.1) is 17.1 Å². The molecule has 2 heterocycles. The molecule has 3 rings (SSSR count). The van der Waals surface area contributed by atoms with Crippen LogP contribution in [0.4, 0.5) is 4.39 Å². The maximum atomic E-state index is 13.6. The molecule has 2 aromatic heterocycles. The molecule has 0 radical (unpaired) electrons. The number of rotatable bonds is 4. The minimum Gasteiger partial charge on any atom is -0.255 e. The van der Waals surface area contributed by atoms with Gasteiger partial charge in [-0.15, -0.1) is 5.10 Å². The third-order valence-electron chi connectivity index (χ3n) is 3.16. The molecule has 1 aromatic carbocycles. The highest BCUT2D eigenvalue weighted by molar-refractivity contribution is 7.90. The predicted octanol–water partition coefficient (Wildman–Crippen LogP) is 2.65. The number of sulfone groups is 1. The van der Waals surface area contributed by atoms with Crippen LogP contribution in [0.25, 0.3) is 11.4 Å². The molecule has 0 N–H and O–H groups in total. The lowest BCUT2D eigenvalue weighted by Gasteiger charge is -2.05. The summed E-state index contributed by atoms with van der Waals surface area (Å²) in [6.45, 7) is 0. The van der Waals surface area contributed by atoms with Crippen LogP contribution in [0.1, 0.15) is 5.69 Å². The quantitative estimate of drug-likeness (QED) is 0.736. The molecule has 0 aliphatic carbocycles. The SMILES string of the molecule is O=S(=O)(Cc1ccc(-c2ccccn2)nn1)c1ccccc1F. The monoisotopic (exact) mass is 329 g/mol. The van der Waals surface area contributed by atoms with Gasteiger partial charge in [0.15, 0.2) is 9.84 Å². The van der Waals surface area contributed by atoms with Crippen LogP contribution >= 0.6 is 0 Å². The second-order valence-electron chi connectivity index (χ2n) is 4.81. The van der Waals surface area contributed by atoms with Gasteiger partial charge in [0.25, 0.3) is 0 Å². The summed E-state index contributed by atoms with van der Waals surface area (Å²) < 4.78 is 38.2. The van der Waals surface area contributed by atoms with E-state index in [0.29, 0.717) is 11.4 Å². The molecule has 0 saturated heterocycles. The summed E-state index contributed by atoms with van der Waals surface area (Å²) >= 11 is 0. The van der Waals surface area contributed by atoms with Crippen LogP contribution in [0.15, 0.2) is 65.7 Å². The zero-order valence-corrected chi connectivity index (χ0v) is 12.7. The van der Waals surface area contributed by atoms with E-state index in [9.17, 15) is 12.8 Å². The van der Waals surface area contributed by atoms with Crippen molar-refractivity contribution in [3.63, 3.8) is 0 Å². The summed E-state index contributed by atoms with van der Waals surface area (Å²) in [4.78, 5) is 3.80. The fourth-order valence-electron chi connectivity index (χ4n) is 2.06. The second-order valence-corrected chi connectivity index (χ2v) is 6.77. The Kier molecular flexibility index (Phi) is 4.12. The van der Waals surface area contributed by atoms with Crippen molar-refractivity contribution in [3.8, 4) is 11.4 Å². The Labute approximate surface area is 132 Å². The summed E-state index contributed by atoms with van der Waals surface area (Å²) in [7, 11) is -3.81. The molecular formula is C16H12FN3O2S. The molecule has 0 fully saturated rings. The molecule has 5 nitrogen and oxygen atoms in total. The summed E-state index contributed by atoms with van der Waals surface area (Å²) in [5, 5.41) is 7.88. The molecule has 0 unspecified atom stereocenters. The lowest BCUT2D eigenvalue weighted by atomic mass is 10.2. The van der Waals surface area contributed by atoms with Crippen LogP contribution in [0.3, 0.4) is 0 Å². The van der Waals surface area contributed by atoms with Crippen molar-refractivity contribution in [2.75, 3.05) is 0 Å². The van der Waals surface area contributed by atoms with Crippen molar-refractivity contribution < 1.29 is 12.8 Å². The fraction of sp³-hybridized carbons (Fsp3) is 0.0625. The Bertz CT molecular complexity index is 914. The van der Waals surface area contributed by atoms with Crippen molar-refractivity contribution >= 4 is 9.84 Å². The maximum Gasteiger partial charge on any atom is 0.187 e. The number of aromatic nitrogens is 3. The van der Waals surface area contributed by atoms with Gasteiger partial charge in [0.1, 0.15) is 16.4 Å². The maximum absolute atomic E-state index is 13.6. The van der Waals surface area contributed by atoms with Crippen molar-refractivity contribution in [3.05, 3.63) is 72.3 Å². The van der Waals surface area contributed by atoms with E-state index >= 15 is 0 Å². The van der Waals surface area contributed by atoms with Crippen LogP contribution in [-0.4, -0.2) is 23.6 Å². The van der Waals surface area contributed by atoms with Crippen LogP contribution in [0.5, 0.6) is 0 Å². The van der Waals surface area contributed by atoms with E-state index in [2.05, 4.69) is 15.2 Å². The van der Waals surface area contributed by atoms with Crippen LogP contribution in [0.2, 0.25) is 0 Å². The number of benzene rings is 1. The molecule has 0 saturated carbocycles. The Balaban J connectivity index is 1.85. The third-order valence-corrected chi connectivity index (χ3v) is 4.83. The highest BCUT2D eigenvalue weighted by atomic mass is 32.2. The fourth-order valence-corrected chi connectivity index (χ4v) is 3.41. The number of hydrogen-bond donors (Lipinski definition) is 0. The topological polar surface area (TPSA) is 72.8 Å². The number of pyridine rings is 1. The molecule has 0 aliphatic heterocycles. The van der Waals surface area contributed by atoms with Gasteiger partial charge in [-0.05, 0) is 36.4 Å². The minimum absolute atomic E-state index is 0.243. The van der Waals surface area contributed by atoms with E-state index in [1.54, 1.807) is 30.5 Å². The van der Waals surface area contributed by atoms with Gasteiger partial charge < -0.3 is 0 Å². The van der Waals surface area contributed by atoms with Gasteiger partial charge in [0.2, 0.25) is 0 Å². The lowest BCUT2D eigenvalue weighted by molar-refractivity contribution is 0.566. The molecule has 0 bridgehead atoms. The van der Waals surface area contributed by atoms with Crippen molar-refractivity contribution in [1.82, 2.24) is 15.2 Å². The predicted molar refractivity (Wildman–Crippen MR) is 82.6 cm³/mol. The van der Waals surface area contributed by atoms with Gasteiger partial charge in [0, 0.05) is 6.20 Å². The minimum atomic E-state index is -3.81. The number of nitrogens with zero attached hydrogens (tertiary/aromatic N) is 3. The summed E-state index contributed by atoms with van der Waals surface area (Å²) in [6, 6.07) is 13.8. The Morgan fingerprint density at radius 3 is 2.30 bits per heavy atom. The molecule has 0 aliphatic rings. The first-order chi connectivity index (χ1) is 11.1. The highest BCUT2D eigenvalue weighted by Crippen LogP contribution is 2.19. The molecule has 0 atom stereocenters. The Morgan fingerprint density at radius 1 is 0.870 bits per heavy atom. The standard InChI is InChI=1S/C16H12FN3O2S/c17-13-5-1-2-7-16(13)23(21,22)11-12-8-9-15(20-19-12)14-6-3-4-10-18-14/h1-10H,11H2. The third kappa shape index (κ3) is 3.40. The van der Waals surface area contributed by atoms with E-state index < -0.39 is 21.4 Å². The molecular weight excluding hydrogens is 317 g/mol. The molecule has 116 valence electrons. The van der Waals surface area contributed by atoms with Gasteiger partial charge in [-0.2, -0.15) is 5.10 Å². The average Bonchev–Trinajstić information content (AvgIpc) is 2.56. The summed E-state index contributed by atoms with van der Waals surface area (Å²) in [5.74, 6) is -1.19. The van der Waals surface area contributed by atoms with E-state index in [1.807, 2.05) is 6.07 Å². The van der Waals surface area contributed by atoms with Gasteiger partial charge in [-0.3, -0.25) is 4.98 Å². The number of halogens is 1. The first-order valence-electron chi connectivity index (χ1n) is 6.77. The van der Waals surface area contributed by atoms with Crippen molar-refractivity contribution in [1.29, 1.82) is 0 Å². The highest BCUT2D eigenvalue weighted by Gasteiger charge is 2.20. The van der Waals surface area contributed by atoms with E-state index in [1.165, 1.54) is 18.2 Å². The van der Waals surface area contributed by atoms with Gasteiger partial charge in [-0.25, -0.2) is 12.8 Å². The molecule has 0 amide bonds. The normalized spacial score (nSPS) is 11.3. The Morgan fingerprint density at radius 2 is 1.65 bits per heavy atom. The van der Waals surface area contributed by atoms with Crippen LogP contribution < -0.4 is 0 Å². The van der Waals surface area contributed by atoms with E-state index in [0.717, 1.165) is 6.07 Å². The van der Waals surface area contributed by atoms with Crippen LogP contribution in [-0.2, 0) is 15.6 Å². The lowest BCUT2D eigenvalue weighted by Crippen LogP contribution is -2.09. The molecule has 3 aromatic rings. The van der Waals surface area contributed by atoms with Crippen molar-refractivity contribution in [2.24, 2.45) is 0 Å². The smallest absolute Gasteiger partial charge is 0.187 e. The van der Waals surface area contributed by atoms with Gasteiger partial charge in [-0.1, -0.05) is 18.2 Å². The molecule has 0 spiro atoms. The van der Waals surface area contributed by atoms with Gasteiger partial charge >= 0.3 is 0 Å². The summed E-state index contributed by atoms with van der Waals surface area (Å²) in [5.41, 5.74) is 1.43. The van der Waals surface area contributed by atoms with E-state index in [-0.39, 0.29) is 10.6 Å². The van der Waals surface area contributed by atoms with Crippen LogP contribution in [0, 0.1) is 5.82 Å². The Hall–Kier alpha value is -2.67. The largest absolute Gasteiger partial charge is 0.255 e. The van der Waals surface area contributed by atoms with E-state index in [4.69, 9.17) is 0 Å². The number of hydrogen-bond acceptors (Lipinski definition) is 5. The molecule has 7 heteroatoms. The van der Waals surface area contributed by atoms with Crippen molar-refractivity contribution in [2.45, 2.75) is 10.6 Å². The first-order valence-corrected chi connectivity index (χ1v) is 8.43. The first kappa shape index (κ1) is 15.2. The summed E-state index contributed by atoms with van der Waals surface area (Å²) in [6.07, 6.45) is 1.63. The zero-order chi connectivity index (χ0) is 16.3. The average molecular weight is 329 g/mol. The zero-order valence-electron chi connectivity index (χ0n) is 11.9.